The van der Waals surface area contributed by atoms with Crippen molar-refractivity contribution in [2.45, 2.75) is 25.2 Å². The first-order valence-corrected chi connectivity index (χ1v) is 10.4. The number of hydrogen-bond acceptors (Lipinski definition) is 2. The first-order chi connectivity index (χ1) is 13.3. The average molecular weight is 442 g/mol. The van der Waals surface area contributed by atoms with E-state index in [1.165, 1.54) is 6.08 Å². The number of allylic oxidation sites excluding steroid dienone is 1. The van der Waals surface area contributed by atoms with E-state index < -0.39 is 0 Å². The molecule has 4 nitrogen and oxygen atoms in total. The van der Waals surface area contributed by atoms with Crippen LogP contribution in [0.25, 0.3) is 0 Å². The van der Waals surface area contributed by atoms with Gasteiger partial charge in [0.15, 0.2) is 0 Å². The quantitative estimate of drug-likeness (QED) is 0.618. The van der Waals surface area contributed by atoms with Crippen molar-refractivity contribution in [1.82, 2.24) is 9.80 Å². The number of benzene rings is 1. The highest BCUT2D eigenvalue weighted by atomic mass is 35.5. The third-order valence-electron chi connectivity index (χ3n) is 5.75. The van der Waals surface area contributed by atoms with E-state index in [0.29, 0.717) is 24.5 Å². The molecule has 1 spiro atoms. The first-order valence-electron chi connectivity index (χ1n) is 9.30. The molecule has 2 saturated heterocycles. The molecule has 0 bridgehead atoms. The van der Waals surface area contributed by atoms with Crippen molar-refractivity contribution >= 4 is 46.6 Å². The van der Waals surface area contributed by atoms with Gasteiger partial charge >= 0.3 is 0 Å². The van der Waals surface area contributed by atoms with Crippen molar-refractivity contribution in [2.75, 3.05) is 26.2 Å². The predicted octanol–water partition coefficient (Wildman–Crippen LogP) is 4.77. The molecule has 2 aliphatic rings. The van der Waals surface area contributed by atoms with Crippen LogP contribution in [0.3, 0.4) is 0 Å². The lowest BCUT2D eigenvalue weighted by Gasteiger charge is -2.54. The number of nitrogens with zero attached hydrogens (tertiary/aromatic N) is 2. The van der Waals surface area contributed by atoms with Crippen LogP contribution in [0.2, 0.25) is 5.02 Å². The van der Waals surface area contributed by atoms with E-state index in [-0.39, 0.29) is 27.6 Å². The van der Waals surface area contributed by atoms with Crippen LogP contribution in [-0.2, 0) is 9.59 Å². The van der Waals surface area contributed by atoms with E-state index >= 15 is 0 Å². The average Bonchev–Trinajstić information content (AvgIpc) is 2.66. The van der Waals surface area contributed by atoms with Gasteiger partial charge in [0.25, 0.3) is 0 Å². The Hall–Kier alpha value is -1.49. The summed E-state index contributed by atoms with van der Waals surface area (Å²) in [5.74, 6) is -0.294. The summed E-state index contributed by atoms with van der Waals surface area (Å²) < 4.78 is 0.158. The smallest absolute Gasteiger partial charge is 0.245 e. The van der Waals surface area contributed by atoms with E-state index in [2.05, 4.69) is 6.58 Å². The molecule has 3 rings (SSSR count). The molecule has 2 heterocycles. The van der Waals surface area contributed by atoms with Crippen molar-refractivity contribution in [1.29, 1.82) is 0 Å². The molecule has 1 aromatic carbocycles. The highest BCUT2D eigenvalue weighted by molar-refractivity contribution is 6.55. The van der Waals surface area contributed by atoms with Crippen LogP contribution in [0, 0.1) is 5.41 Å². The number of carbonyl (C=O) groups excluding carboxylic acids is 2. The van der Waals surface area contributed by atoms with Crippen molar-refractivity contribution in [3.05, 3.63) is 58.1 Å². The van der Waals surface area contributed by atoms with Crippen molar-refractivity contribution < 1.29 is 9.59 Å². The first kappa shape index (κ1) is 21.2. The van der Waals surface area contributed by atoms with Crippen molar-refractivity contribution in [3.63, 3.8) is 0 Å². The molecule has 2 fully saturated rings. The lowest BCUT2D eigenvalue weighted by molar-refractivity contribution is -0.146. The zero-order valence-electron chi connectivity index (χ0n) is 15.5. The number of likely N-dealkylation sites (tertiary alicyclic amines) is 2. The standard InChI is InChI=1S/C21H23Cl3N2O2/c1-2-19(27)26-13-21(14-26)9-11-25(12-10-21)20(28)17(7-8-18(23)24)15-3-5-16(22)6-4-15/h2-6,8,17H,1,7,9-14H2/t17-/m0/s1. The van der Waals surface area contributed by atoms with Crippen LogP contribution in [0.5, 0.6) is 0 Å². The maximum absolute atomic E-state index is 13.2. The van der Waals surface area contributed by atoms with Gasteiger partial charge in [0, 0.05) is 36.6 Å². The molecule has 0 radical (unpaired) electrons. The molecule has 7 heteroatoms. The van der Waals surface area contributed by atoms with Gasteiger partial charge in [0.05, 0.1) is 5.92 Å². The van der Waals surface area contributed by atoms with Crippen LogP contribution in [0.1, 0.15) is 30.7 Å². The molecule has 150 valence electrons. The largest absolute Gasteiger partial charge is 0.342 e. The Morgan fingerprint density at radius 2 is 1.71 bits per heavy atom. The summed E-state index contributed by atoms with van der Waals surface area (Å²) in [4.78, 5) is 28.7. The molecule has 1 atom stereocenters. The molecule has 0 aromatic heterocycles. The third-order valence-corrected chi connectivity index (χ3v) is 6.31. The van der Waals surface area contributed by atoms with E-state index in [4.69, 9.17) is 34.8 Å². The van der Waals surface area contributed by atoms with Gasteiger partial charge in [-0.2, -0.15) is 0 Å². The van der Waals surface area contributed by atoms with Crippen molar-refractivity contribution in [3.8, 4) is 0 Å². The van der Waals surface area contributed by atoms with Crippen LogP contribution in [-0.4, -0.2) is 47.8 Å². The second-order valence-electron chi connectivity index (χ2n) is 7.56. The lowest BCUT2D eigenvalue weighted by atomic mass is 9.71. The number of rotatable bonds is 5. The highest BCUT2D eigenvalue weighted by Gasteiger charge is 2.47. The van der Waals surface area contributed by atoms with Crippen LogP contribution < -0.4 is 0 Å². The number of piperidine rings is 1. The third kappa shape index (κ3) is 4.73. The highest BCUT2D eigenvalue weighted by Crippen LogP contribution is 2.41. The summed E-state index contributed by atoms with van der Waals surface area (Å²) in [6.45, 7) is 6.43. The summed E-state index contributed by atoms with van der Waals surface area (Å²) in [7, 11) is 0. The Kier molecular flexibility index (Phi) is 6.74. The van der Waals surface area contributed by atoms with Gasteiger partial charge in [-0.3, -0.25) is 9.59 Å². The number of hydrogen-bond donors (Lipinski definition) is 0. The molecule has 2 amide bonds. The van der Waals surface area contributed by atoms with Gasteiger partial charge in [-0.15, -0.1) is 0 Å². The molecule has 28 heavy (non-hydrogen) atoms. The Labute approximate surface area is 180 Å². The summed E-state index contributed by atoms with van der Waals surface area (Å²) in [5, 5.41) is 0.629. The lowest BCUT2D eigenvalue weighted by Crippen LogP contribution is -2.62. The Morgan fingerprint density at radius 1 is 1.11 bits per heavy atom. The minimum absolute atomic E-state index is 0.0170. The summed E-state index contributed by atoms with van der Waals surface area (Å²) in [6, 6.07) is 7.32. The van der Waals surface area contributed by atoms with Crippen LogP contribution >= 0.6 is 34.8 Å². The number of amides is 2. The Bertz CT molecular complexity index is 771. The van der Waals surface area contributed by atoms with E-state index in [1.54, 1.807) is 18.2 Å². The predicted molar refractivity (Wildman–Crippen MR) is 114 cm³/mol. The van der Waals surface area contributed by atoms with Gasteiger partial charge in [0.2, 0.25) is 11.8 Å². The molecular formula is C21H23Cl3N2O2. The summed E-state index contributed by atoms with van der Waals surface area (Å²) in [6.07, 6.45) is 5.26. The Morgan fingerprint density at radius 3 is 2.25 bits per heavy atom. The fourth-order valence-corrected chi connectivity index (χ4v) is 4.37. The van der Waals surface area contributed by atoms with Gasteiger partial charge in [-0.1, -0.05) is 59.6 Å². The fourth-order valence-electron chi connectivity index (χ4n) is 4.07. The molecule has 0 unspecified atom stereocenters. The van der Waals surface area contributed by atoms with E-state index in [0.717, 1.165) is 31.5 Å². The SMILES string of the molecule is C=CC(=O)N1CC2(CCN(C(=O)[C@@H](CC=C(Cl)Cl)c3ccc(Cl)cc3)CC2)C1. The normalized spacial score (nSPS) is 19.0. The second-order valence-corrected chi connectivity index (χ2v) is 9.00. The summed E-state index contributed by atoms with van der Waals surface area (Å²) in [5.41, 5.74) is 1.04. The second kappa shape index (κ2) is 8.89. The van der Waals surface area contributed by atoms with E-state index in [9.17, 15) is 9.59 Å². The topological polar surface area (TPSA) is 40.6 Å². The van der Waals surface area contributed by atoms with Gasteiger partial charge in [-0.05, 0) is 43.0 Å². The molecule has 1 aromatic rings. The summed E-state index contributed by atoms with van der Waals surface area (Å²) >= 11 is 17.5. The molecular weight excluding hydrogens is 419 g/mol. The fraction of sp³-hybridized carbons (Fsp3) is 0.429. The van der Waals surface area contributed by atoms with Crippen LogP contribution in [0.15, 0.2) is 47.5 Å². The maximum atomic E-state index is 13.2. The maximum Gasteiger partial charge on any atom is 0.245 e. The molecule has 0 saturated carbocycles. The zero-order chi connectivity index (χ0) is 20.3. The van der Waals surface area contributed by atoms with Gasteiger partial charge in [0.1, 0.15) is 4.49 Å². The van der Waals surface area contributed by atoms with Gasteiger partial charge < -0.3 is 9.80 Å². The zero-order valence-corrected chi connectivity index (χ0v) is 17.8. The molecule has 0 aliphatic carbocycles. The monoisotopic (exact) mass is 440 g/mol. The van der Waals surface area contributed by atoms with Gasteiger partial charge in [-0.25, -0.2) is 0 Å². The van der Waals surface area contributed by atoms with Crippen LogP contribution in [0.4, 0.5) is 0 Å². The molecule has 2 aliphatic heterocycles. The minimum atomic E-state index is -0.348. The number of halogens is 3. The van der Waals surface area contributed by atoms with E-state index in [1.807, 2.05) is 21.9 Å². The Balaban J connectivity index is 1.65. The molecule has 0 N–H and O–H groups in total. The number of carbonyl (C=O) groups is 2. The minimum Gasteiger partial charge on any atom is -0.342 e. The van der Waals surface area contributed by atoms with Crippen molar-refractivity contribution in [2.24, 2.45) is 5.41 Å².